The number of amides is 2. The van der Waals surface area contributed by atoms with Crippen LogP contribution in [-0.2, 0) is 6.54 Å². The number of urea groups is 1. The van der Waals surface area contributed by atoms with E-state index in [2.05, 4.69) is 15.3 Å². The van der Waals surface area contributed by atoms with Gasteiger partial charge in [-0.2, -0.15) is 0 Å². The zero-order valence-corrected chi connectivity index (χ0v) is 9.25. The van der Waals surface area contributed by atoms with Crippen LogP contribution in [0.5, 0.6) is 0 Å². The smallest absolute Gasteiger partial charge is 0.317 e. The zero-order chi connectivity index (χ0) is 12.3. The first-order chi connectivity index (χ1) is 8.07. The van der Waals surface area contributed by atoms with Crippen molar-refractivity contribution in [2.45, 2.75) is 25.3 Å². The van der Waals surface area contributed by atoms with Gasteiger partial charge in [-0.05, 0) is 0 Å². The fourth-order valence-electron chi connectivity index (χ4n) is 1.70. The molecule has 0 spiro atoms. The summed E-state index contributed by atoms with van der Waals surface area (Å²) in [5, 5.41) is 2.63. The van der Waals surface area contributed by atoms with Gasteiger partial charge in [0, 0.05) is 38.3 Å². The summed E-state index contributed by atoms with van der Waals surface area (Å²) in [7, 11) is 0. The summed E-state index contributed by atoms with van der Waals surface area (Å²) in [5.74, 6) is -1.99. The van der Waals surface area contributed by atoms with Gasteiger partial charge in [0.2, 0.25) is 0 Å². The zero-order valence-electron chi connectivity index (χ0n) is 9.25. The molecular weight excluding hydrogens is 230 g/mol. The molecule has 2 amide bonds. The monoisotopic (exact) mass is 244 g/mol. The van der Waals surface area contributed by atoms with E-state index in [0.717, 1.165) is 0 Å². The molecule has 0 aliphatic carbocycles. The Balaban J connectivity index is 1.77. The largest absolute Gasteiger partial charge is 0.347 e. The number of hydrogen-bond acceptors (Lipinski definition) is 2. The number of nitrogens with zero attached hydrogens (tertiary/aromatic N) is 2. The molecule has 0 atom stereocenters. The molecule has 17 heavy (non-hydrogen) atoms. The number of H-pyrrole nitrogens is 1. The van der Waals surface area contributed by atoms with E-state index in [-0.39, 0.29) is 38.5 Å². The molecule has 0 bridgehead atoms. The molecule has 0 saturated carbocycles. The molecule has 2 N–H and O–H groups in total. The summed E-state index contributed by atoms with van der Waals surface area (Å²) in [4.78, 5) is 19.8. The number of alkyl halides is 2. The minimum atomic E-state index is -2.63. The van der Waals surface area contributed by atoms with Crippen LogP contribution in [0.2, 0.25) is 0 Å². The minimum absolute atomic E-state index is 0.0942. The molecule has 1 aliphatic heterocycles. The number of carbonyl (C=O) groups excluding carboxylic acids is 1. The van der Waals surface area contributed by atoms with Crippen molar-refractivity contribution < 1.29 is 13.6 Å². The van der Waals surface area contributed by atoms with Crippen LogP contribution in [0.1, 0.15) is 18.7 Å². The van der Waals surface area contributed by atoms with Crippen LogP contribution >= 0.6 is 0 Å². The van der Waals surface area contributed by atoms with E-state index in [9.17, 15) is 13.6 Å². The quantitative estimate of drug-likeness (QED) is 0.825. The van der Waals surface area contributed by atoms with Crippen molar-refractivity contribution in [1.29, 1.82) is 0 Å². The summed E-state index contributed by atoms with van der Waals surface area (Å²) in [5.41, 5.74) is 0. The molecule has 7 heteroatoms. The number of halogens is 2. The molecule has 1 aliphatic rings. The van der Waals surface area contributed by atoms with Gasteiger partial charge in [-0.25, -0.2) is 18.6 Å². The maximum Gasteiger partial charge on any atom is 0.317 e. The summed E-state index contributed by atoms with van der Waals surface area (Å²) >= 11 is 0. The summed E-state index contributed by atoms with van der Waals surface area (Å²) in [6.45, 7) is 0.465. The Morgan fingerprint density at radius 3 is 2.82 bits per heavy atom. The van der Waals surface area contributed by atoms with Gasteiger partial charge in [-0.3, -0.25) is 0 Å². The Bertz CT molecular complexity index is 370. The van der Waals surface area contributed by atoms with Gasteiger partial charge >= 0.3 is 6.03 Å². The molecule has 0 unspecified atom stereocenters. The van der Waals surface area contributed by atoms with Gasteiger partial charge < -0.3 is 15.2 Å². The molecule has 94 valence electrons. The lowest BCUT2D eigenvalue weighted by molar-refractivity contribution is -0.0469. The Morgan fingerprint density at radius 2 is 2.24 bits per heavy atom. The molecule has 0 aromatic carbocycles. The number of imidazole rings is 1. The molecule has 1 aromatic rings. The van der Waals surface area contributed by atoms with Crippen molar-refractivity contribution in [3.63, 3.8) is 0 Å². The third-order valence-electron chi connectivity index (χ3n) is 2.74. The molecule has 2 rings (SSSR count). The highest BCUT2D eigenvalue weighted by Gasteiger charge is 2.35. The topological polar surface area (TPSA) is 61.0 Å². The van der Waals surface area contributed by atoms with Crippen LogP contribution in [0.3, 0.4) is 0 Å². The summed E-state index contributed by atoms with van der Waals surface area (Å²) in [6.07, 6.45) is 2.72. The lowest BCUT2D eigenvalue weighted by Crippen LogP contribution is -2.47. The summed E-state index contributed by atoms with van der Waals surface area (Å²) in [6, 6.07) is -0.322. The number of rotatable bonds is 2. The number of nitrogens with one attached hydrogen (secondary N) is 2. The number of aromatic amines is 1. The van der Waals surface area contributed by atoms with Crippen molar-refractivity contribution in [3.8, 4) is 0 Å². The average Bonchev–Trinajstić information content (AvgIpc) is 2.78. The second kappa shape index (κ2) is 4.68. The van der Waals surface area contributed by atoms with Crippen LogP contribution in [-0.4, -0.2) is 39.9 Å². The molecule has 5 nitrogen and oxygen atoms in total. The first-order valence-corrected chi connectivity index (χ1v) is 5.46. The molecule has 0 radical (unpaired) electrons. The second-order valence-corrected chi connectivity index (χ2v) is 4.04. The van der Waals surface area contributed by atoms with Gasteiger partial charge in [0.15, 0.2) is 0 Å². The van der Waals surface area contributed by atoms with E-state index in [0.29, 0.717) is 5.82 Å². The third-order valence-corrected chi connectivity index (χ3v) is 2.74. The fraction of sp³-hybridized carbons (Fsp3) is 0.600. The first kappa shape index (κ1) is 11.8. The highest BCUT2D eigenvalue weighted by molar-refractivity contribution is 5.74. The molecule has 2 heterocycles. The van der Waals surface area contributed by atoms with Crippen molar-refractivity contribution in [2.75, 3.05) is 13.1 Å². The van der Waals surface area contributed by atoms with Crippen molar-refractivity contribution in [2.24, 2.45) is 0 Å². The van der Waals surface area contributed by atoms with Crippen LogP contribution in [0.4, 0.5) is 13.6 Å². The SMILES string of the molecule is O=C(NCc1ncc[nH]1)N1CCC(F)(F)CC1. The van der Waals surface area contributed by atoms with Gasteiger partial charge in [-0.15, -0.1) is 0 Å². The molecular formula is C10H14F2N4O. The van der Waals surface area contributed by atoms with E-state index in [1.165, 1.54) is 4.90 Å². The van der Waals surface area contributed by atoms with Gasteiger partial charge in [0.1, 0.15) is 5.82 Å². The number of hydrogen-bond donors (Lipinski definition) is 2. The average molecular weight is 244 g/mol. The van der Waals surface area contributed by atoms with Gasteiger partial charge in [-0.1, -0.05) is 0 Å². The number of piperidine rings is 1. The molecule has 1 fully saturated rings. The van der Waals surface area contributed by atoms with Crippen molar-refractivity contribution in [1.82, 2.24) is 20.2 Å². The minimum Gasteiger partial charge on any atom is -0.347 e. The van der Waals surface area contributed by atoms with Crippen LogP contribution in [0, 0.1) is 0 Å². The van der Waals surface area contributed by atoms with E-state index in [4.69, 9.17) is 0 Å². The molecule has 1 saturated heterocycles. The fourth-order valence-corrected chi connectivity index (χ4v) is 1.70. The second-order valence-electron chi connectivity index (χ2n) is 4.04. The van der Waals surface area contributed by atoms with Crippen molar-refractivity contribution >= 4 is 6.03 Å². The maximum absolute atomic E-state index is 12.9. The number of aromatic nitrogens is 2. The van der Waals surface area contributed by atoms with Crippen LogP contribution in [0.25, 0.3) is 0 Å². The Hall–Kier alpha value is -1.66. The Kier molecular flexibility index (Phi) is 3.26. The predicted molar refractivity (Wildman–Crippen MR) is 56.6 cm³/mol. The highest BCUT2D eigenvalue weighted by Crippen LogP contribution is 2.27. The first-order valence-electron chi connectivity index (χ1n) is 5.46. The van der Waals surface area contributed by atoms with Crippen LogP contribution < -0.4 is 5.32 Å². The van der Waals surface area contributed by atoms with Gasteiger partial charge in [0.25, 0.3) is 5.92 Å². The van der Waals surface area contributed by atoms with E-state index >= 15 is 0 Å². The van der Waals surface area contributed by atoms with Crippen LogP contribution in [0.15, 0.2) is 12.4 Å². The number of likely N-dealkylation sites (tertiary alicyclic amines) is 1. The van der Waals surface area contributed by atoms with E-state index < -0.39 is 5.92 Å². The maximum atomic E-state index is 12.9. The summed E-state index contributed by atoms with van der Waals surface area (Å²) < 4.78 is 25.8. The van der Waals surface area contributed by atoms with E-state index in [1.54, 1.807) is 12.4 Å². The lowest BCUT2D eigenvalue weighted by atomic mass is 10.1. The third kappa shape index (κ3) is 3.15. The molecule has 1 aromatic heterocycles. The Morgan fingerprint density at radius 1 is 1.53 bits per heavy atom. The van der Waals surface area contributed by atoms with E-state index in [1.807, 2.05) is 0 Å². The highest BCUT2D eigenvalue weighted by atomic mass is 19.3. The normalized spacial score (nSPS) is 19.1. The number of carbonyl (C=O) groups is 1. The van der Waals surface area contributed by atoms with Crippen molar-refractivity contribution in [3.05, 3.63) is 18.2 Å². The Labute approximate surface area is 97.2 Å². The van der Waals surface area contributed by atoms with Gasteiger partial charge in [0.05, 0.1) is 6.54 Å². The predicted octanol–water partition coefficient (Wildman–Crippen LogP) is 1.35. The standard InChI is InChI=1S/C10H14F2N4O/c11-10(12)1-5-16(6-2-10)9(17)15-7-8-13-3-4-14-8/h3-4H,1-2,5-7H2,(H,13,14)(H,15,17). The lowest BCUT2D eigenvalue weighted by Gasteiger charge is -2.31.